The number of aromatic hydroxyl groups is 1. The number of hydrogen-bond donors (Lipinski definition) is 3. The van der Waals surface area contributed by atoms with E-state index in [1.54, 1.807) is 19.1 Å². The summed E-state index contributed by atoms with van der Waals surface area (Å²) in [6.07, 6.45) is -0.238. The van der Waals surface area contributed by atoms with Crippen LogP contribution in [0.3, 0.4) is 0 Å². The molecule has 1 heterocycles. The van der Waals surface area contributed by atoms with Crippen molar-refractivity contribution in [3.05, 3.63) is 53.1 Å². The topological polar surface area (TPSA) is 124 Å². The molecule has 150 valence electrons. The molecule has 3 amide bonds. The van der Waals surface area contributed by atoms with Gasteiger partial charge >= 0.3 is 5.97 Å². The van der Waals surface area contributed by atoms with Crippen LogP contribution in [0.2, 0.25) is 0 Å². The third kappa shape index (κ3) is 4.24. The summed E-state index contributed by atoms with van der Waals surface area (Å²) in [5.41, 5.74) is 2.18. The number of nitrogens with zero attached hydrogens (tertiary/aromatic N) is 1. The van der Waals surface area contributed by atoms with E-state index in [2.05, 4.69) is 5.32 Å². The highest BCUT2D eigenvalue weighted by atomic mass is 32.2. The molecule has 0 aromatic heterocycles. The zero-order chi connectivity index (χ0) is 21.3. The van der Waals surface area contributed by atoms with Crippen LogP contribution in [0.25, 0.3) is 0 Å². The number of imide groups is 1. The molecule has 1 atom stereocenters. The first kappa shape index (κ1) is 20.4. The van der Waals surface area contributed by atoms with E-state index in [9.17, 15) is 24.3 Å². The van der Waals surface area contributed by atoms with Gasteiger partial charge < -0.3 is 15.5 Å². The quantitative estimate of drug-likeness (QED) is 0.686. The molecule has 1 aliphatic rings. The van der Waals surface area contributed by atoms with Crippen molar-refractivity contribution in [1.29, 1.82) is 0 Å². The van der Waals surface area contributed by atoms with Crippen LogP contribution in [-0.4, -0.2) is 38.5 Å². The zero-order valence-electron chi connectivity index (χ0n) is 15.6. The predicted octanol–water partition coefficient (Wildman–Crippen LogP) is 3.30. The molecule has 0 bridgehead atoms. The normalized spacial score (nSPS) is 16.2. The lowest BCUT2D eigenvalue weighted by atomic mass is 10.1. The fourth-order valence-electron chi connectivity index (χ4n) is 3.03. The van der Waals surface area contributed by atoms with Crippen molar-refractivity contribution in [1.82, 2.24) is 0 Å². The lowest BCUT2D eigenvalue weighted by Gasteiger charge is -2.17. The molecule has 1 fully saturated rings. The van der Waals surface area contributed by atoms with Crippen LogP contribution in [0.15, 0.2) is 36.4 Å². The van der Waals surface area contributed by atoms with Crippen LogP contribution >= 0.6 is 11.8 Å². The maximum absolute atomic E-state index is 12.7. The molecular weight excluding hydrogens is 396 g/mol. The van der Waals surface area contributed by atoms with Crippen molar-refractivity contribution in [2.75, 3.05) is 10.2 Å². The lowest BCUT2D eigenvalue weighted by Crippen LogP contribution is -2.33. The molecule has 3 N–H and O–H groups in total. The van der Waals surface area contributed by atoms with Crippen LogP contribution in [0.4, 0.5) is 16.2 Å². The fraction of sp³-hybridized carbons (Fsp3) is 0.200. The number of nitrogens with one attached hydrogen (secondary N) is 1. The summed E-state index contributed by atoms with van der Waals surface area (Å²) in [5.74, 6) is -2.78. The first-order valence-electron chi connectivity index (χ1n) is 8.65. The largest absolute Gasteiger partial charge is 0.507 e. The number of hydrogen-bond acceptors (Lipinski definition) is 6. The molecule has 2 aromatic rings. The van der Waals surface area contributed by atoms with Crippen molar-refractivity contribution in [2.24, 2.45) is 0 Å². The minimum absolute atomic E-state index is 0.186. The van der Waals surface area contributed by atoms with Gasteiger partial charge in [0.15, 0.2) is 0 Å². The standard InChI is InChI=1S/C20H18N2O6S/c1-10-3-6-14(11(2)7-10)22-18(25)16(29-20(22)28)9-17(24)21-12-4-5-13(19(26)27)15(23)8-12/h3-8,16,23H,9H2,1-2H3,(H,21,24)(H,26,27). The molecule has 2 aromatic carbocycles. The number of carbonyl (C=O) groups excluding carboxylic acids is 3. The van der Waals surface area contributed by atoms with Gasteiger partial charge in [-0.25, -0.2) is 9.69 Å². The number of aryl methyl sites for hydroxylation is 2. The number of aromatic carboxylic acids is 1. The average molecular weight is 414 g/mol. The minimum Gasteiger partial charge on any atom is -0.507 e. The van der Waals surface area contributed by atoms with Crippen LogP contribution in [-0.2, 0) is 9.59 Å². The molecule has 0 spiro atoms. The average Bonchev–Trinajstić information content (AvgIpc) is 2.88. The first-order chi connectivity index (χ1) is 13.7. The summed E-state index contributed by atoms with van der Waals surface area (Å²) in [6.45, 7) is 3.72. The van der Waals surface area contributed by atoms with Gasteiger partial charge in [-0.2, -0.15) is 0 Å². The predicted molar refractivity (Wildman–Crippen MR) is 108 cm³/mol. The summed E-state index contributed by atoms with van der Waals surface area (Å²) in [5, 5.41) is 19.8. The fourth-order valence-corrected chi connectivity index (χ4v) is 4.01. The van der Waals surface area contributed by atoms with Gasteiger partial charge in [0.1, 0.15) is 16.6 Å². The van der Waals surface area contributed by atoms with Crippen LogP contribution in [0.5, 0.6) is 5.75 Å². The summed E-state index contributed by atoms with van der Waals surface area (Å²) >= 11 is 0.787. The highest BCUT2D eigenvalue weighted by Gasteiger charge is 2.42. The van der Waals surface area contributed by atoms with Gasteiger partial charge in [0.05, 0.1) is 5.69 Å². The summed E-state index contributed by atoms with van der Waals surface area (Å²) in [7, 11) is 0. The number of phenols is 1. The third-order valence-corrected chi connectivity index (χ3v) is 5.43. The number of anilines is 2. The minimum atomic E-state index is -1.29. The smallest absolute Gasteiger partial charge is 0.339 e. The van der Waals surface area contributed by atoms with E-state index in [-0.39, 0.29) is 17.7 Å². The van der Waals surface area contributed by atoms with E-state index in [0.717, 1.165) is 39.9 Å². The van der Waals surface area contributed by atoms with Gasteiger partial charge in [-0.1, -0.05) is 17.7 Å². The van der Waals surface area contributed by atoms with Crippen molar-refractivity contribution < 1.29 is 29.4 Å². The first-order valence-corrected chi connectivity index (χ1v) is 9.53. The van der Waals surface area contributed by atoms with Crippen LogP contribution < -0.4 is 10.2 Å². The second-order valence-electron chi connectivity index (χ2n) is 6.63. The van der Waals surface area contributed by atoms with Gasteiger partial charge in [0, 0.05) is 18.2 Å². The van der Waals surface area contributed by atoms with Gasteiger partial charge in [-0.15, -0.1) is 0 Å². The molecule has 0 saturated carbocycles. The van der Waals surface area contributed by atoms with E-state index in [1.165, 1.54) is 6.07 Å². The van der Waals surface area contributed by atoms with E-state index >= 15 is 0 Å². The Hall–Kier alpha value is -3.33. The molecule has 3 rings (SSSR count). The van der Waals surface area contributed by atoms with Crippen molar-refractivity contribution >= 4 is 46.2 Å². The second kappa shape index (κ2) is 7.96. The van der Waals surface area contributed by atoms with Gasteiger partial charge in [0.25, 0.3) is 5.24 Å². The Morgan fingerprint density at radius 2 is 1.86 bits per heavy atom. The second-order valence-corrected chi connectivity index (χ2v) is 7.78. The molecule has 1 aliphatic heterocycles. The molecule has 0 radical (unpaired) electrons. The highest BCUT2D eigenvalue weighted by Crippen LogP contribution is 2.35. The Bertz CT molecular complexity index is 1040. The van der Waals surface area contributed by atoms with Crippen molar-refractivity contribution in [3.8, 4) is 5.75 Å². The summed E-state index contributed by atoms with van der Waals surface area (Å²) in [4.78, 5) is 49.4. The van der Waals surface area contributed by atoms with E-state index in [0.29, 0.717) is 5.69 Å². The molecule has 1 unspecified atom stereocenters. The van der Waals surface area contributed by atoms with Gasteiger partial charge in [-0.05, 0) is 49.4 Å². The molecule has 1 saturated heterocycles. The SMILES string of the molecule is Cc1ccc(N2C(=O)SC(CC(=O)Nc3ccc(C(=O)O)c(O)c3)C2=O)c(C)c1. The highest BCUT2D eigenvalue weighted by molar-refractivity contribution is 8.15. The molecule has 29 heavy (non-hydrogen) atoms. The maximum Gasteiger partial charge on any atom is 0.339 e. The van der Waals surface area contributed by atoms with E-state index < -0.39 is 34.0 Å². The Morgan fingerprint density at radius 3 is 2.48 bits per heavy atom. The molecular formula is C20H18N2O6S. The molecule has 9 heteroatoms. The number of carbonyl (C=O) groups is 4. The molecule has 8 nitrogen and oxygen atoms in total. The number of carboxylic acids is 1. The van der Waals surface area contributed by atoms with Crippen LogP contribution in [0.1, 0.15) is 27.9 Å². The Balaban J connectivity index is 1.70. The van der Waals surface area contributed by atoms with Crippen molar-refractivity contribution in [2.45, 2.75) is 25.5 Å². The monoisotopic (exact) mass is 414 g/mol. The summed E-state index contributed by atoms with van der Waals surface area (Å²) < 4.78 is 0. The molecule has 0 aliphatic carbocycles. The zero-order valence-corrected chi connectivity index (χ0v) is 16.4. The maximum atomic E-state index is 12.7. The Morgan fingerprint density at radius 1 is 1.14 bits per heavy atom. The summed E-state index contributed by atoms with van der Waals surface area (Å²) in [6, 6.07) is 8.98. The van der Waals surface area contributed by atoms with Crippen LogP contribution in [0, 0.1) is 13.8 Å². The van der Waals surface area contributed by atoms with Crippen molar-refractivity contribution in [3.63, 3.8) is 0 Å². The number of carboxylic acid groups (broad SMARTS) is 1. The Kier molecular flexibility index (Phi) is 5.60. The number of benzene rings is 2. The van der Waals surface area contributed by atoms with E-state index in [4.69, 9.17) is 5.11 Å². The number of thioether (sulfide) groups is 1. The third-order valence-electron chi connectivity index (χ3n) is 4.40. The van der Waals surface area contributed by atoms with Gasteiger partial charge in [-0.3, -0.25) is 14.4 Å². The number of rotatable bonds is 5. The Labute approximate surface area is 170 Å². The van der Waals surface area contributed by atoms with Gasteiger partial charge in [0.2, 0.25) is 11.8 Å². The lowest BCUT2D eigenvalue weighted by molar-refractivity contribution is -0.121. The van der Waals surface area contributed by atoms with E-state index in [1.807, 2.05) is 13.0 Å². The number of amides is 3.